The molecule has 1 aromatic carbocycles. The lowest BCUT2D eigenvalue weighted by Crippen LogP contribution is -2.32. The molecule has 0 aliphatic rings. The molecule has 1 amide bonds. The zero-order valence-electron chi connectivity index (χ0n) is 10.5. The van der Waals surface area contributed by atoms with Gasteiger partial charge in [-0.05, 0) is 31.2 Å². The molecule has 6 heteroatoms. The summed E-state index contributed by atoms with van der Waals surface area (Å²) in [6.07, 6.45) is 0.193. The monoisotopic (exact) mass is 279 g/mol. The smallest absolute Gasteiger partial charge is 0.233 e. The van der Waals surface area contributed by atoms with Gasteiger partial charge in [0.05, 0.1) is 12.1 Å². The van der Waals surface area contributed by atoms with Gasteiger partial charge in [-0.1, -0.05) is 0 Å². The number of nitrogens with zero attached hydrogens (tertiary/aromatic N) is 2. The molecule has 1 heterocycles. The molecule has 0 bridgehead atoms. The van der Waals surface area contributed by atoms with Crippen LogP contribution in [0.2, 0.25) is 0 Å². The lowest BCUT2D eigenvalue weighted by molar-refractivity contribution is -0.118. The van der Waals surface area contributed by atoms with Crippen LogP contribution >= 0.6 is 11.3 Å². The second-order valence-electron chi connectivity index (χ2n) is 3.97. The summed E-state index contributed by atoms with van der Waals surface area (Å²) in [6, 6.07) is 5.86. The molecule has 0 aliphatic carbocycles. The van der Waals surface area contributed by atoms with Gasteiger partial charge in [-0.25, -0.2) is 9.37 Å². The molecule has 2 aromatic rings. The van der Waals surface area contributed by atoms with Crippen molar-refractivity contribution in [1.82, 2.24) is 4.98 Å². The Hall–Kier alpha value is -1.95. The van der Waals surface area contributed by atoms with Gasteiger partial charge >= 0.3 is 0 Å². The van der Waals surface area contributed by atoms with Gasteiger partial charge in [0.1, 0.15) is 5.82 Å². The molecular formula is C13H14FN3OS. The van der Waals surface area contributed by atoms with Crippen LogP contribution in [0.3, 0.4) is 0 Å². The molecule has 0 fully saturated rings. The summed E-state index contributed by atoms with van der Waals surface area (Å²) < 4.78 is 12.9. The summed E-state index contributed by atoms with van der Waals surface area (Å²) in [5.41, 5.74) is 6.87. The maximum atomic E-state index is 12.9. The van der Waals surface area contributed by atoms with Crippen LogP contribution in [0.4, 0.5) is 15.2 Å². The normalized spacial score (nSPS) is 10.4. The Labute approximate surface area is 114 Å². The minimum absolute atomic E-state index is 0.0839. The van der Waals surface area contributed by atoms with E-state index in [1.165, 1.54) is 23.5 Å². The van der Waals surface area contributed by atoms with Crippen molar-refractivity contribution >= 4 is 28.1 Å². The van der Waals surface area contributed by atoms with E-state index in [4.69, 9.17) is 5.73 Å². The van der Waals surface area contributed by atoms with Crippen molar-refractivity contribution in [3.05, 3.63) is 41.2 Å². The van der Waals surface area contributed by atoms with Crippen LogP contribution in [-0.4, -0.2) is 17.4 Å². The second-order valence-corrected chi connectivity index (χ2v) is 4.86. The highest BCUT2D eigenvalue weighted by atomic mass is 32.1. The first-order chi connectivity index (χ1) is 9.10. The van der Waals surface area contributed by atoms with Crippen LogP contribution < -0.4 is 10.6 Å². The average molecular weight is 279 g/mol. The third-order valence-corrected chi connectivity index (χ3v) is 3.38. The molecule has 19 heavy (non-hydrogen) atoms. The van der Waals surface area contributed by atoms with Crippen molar-refractivity contribution in [2.24, 2.45) is 0 Å². The Bertz CT molecular complexity index is 568. The first kappa shape index (κ1) is 13.5. The van der Waals surface area contributed by atoms with Gasteiger partial charge in [-0.3, -0.25) is 4.79 Å². The third-order valence-electron chi connectivity index (χ3n) is 2.66. The molecule has 0 saturated heterocycles. The van der Waals surface area contributed by atoms with E-state index < -0.39 is 0 Å². The highest BCUT2D eigenvalue weighted by Crippen LogP contribution is 2.17. The van der Waals surface area contributed by atoms with Crippen molar-refractivity contribution in [3.8, 4) is 0 Å². The molecule has 0 spiro atoms. The van der Waals surface area contributed by atoms with E-state index in [0.29, 0.717) is 23.1 Å². The van der Waals surface area contributed by atoms with Crippen molar-refractivity contribution in [1.29, 1.82) is 0 Å². The molecule has 4 nitrogen and oxygen atoms in total. The van der Waals surface area contributed by atoms with Crippen molar-refractivity contribution in [3.63, 3.8) is 0 Å². The van der Waals surface area contributed by atoms with Crippen molar-refractivity contribution in [2.75, 3.05) is 17.2 Å². The Kier molecular flexibility index (Phi) is 4.11. The standard InChI is InChI=1S/C13H14FN3OS/c1-2-17(11-5-3-9(14)4-6-11)12(18)7-10-8-19-13(15)16-10/h3-6,8H,2,7H2,1H3,(H2,15,16). The summed E-state index contributed by atoms with van der Waals surface area (Å²) in [5.74, 6) is -0.404. The largest absolute Gasteiger partial charge is 0.375 e. The highest BCUT2D eigenvalue weighted by molar-refractivity contribution is 7.13. The van der Waals surface area contributed by atoms with Crippen LogP contribution in [0.5, 0.6) is 0 Å². The highest BCUT2D eigenvalue weighted by Gasteiger charge is 2.15. The van der Waals surface area contributed by atoms with E-state index in [1.807, 2.05) is 6.92 Å². The number of nitrogen functional groups attached to an aromatic ring is 1. The number of hydrogen-bond donors (Lipinski definition) is 1. The Morgan fingerprint density at radius 1 is 1.42 bits per heavy atom. The van der Waals surface area contributed by atoms with E-state index in [2.05, 4.69) is 4.98 Å². The van der Waals surface area contributed by atoms with E-state index in [9.17, 15) is 9.18 Å². The topological polar surface area (TPSA) is 59.2 Å². The number of thiazole rings is 1. The molecule has 0 saturated carbocycles. The van der Waals surface area contributed by atoms with Crippen LogP contribution in [-0.2, 0) is 11.2 Å². The zero-order chi connectivity index (χ0) is 13.8. The van der Waals surface area contributed by atoms with Crippen LogP contribution in [0.25, 0.3) is 0 Å². The second kappa shape index (κ2) is 5.79. The fourth-order valence-electron chi connectivity index (χ4n) is 1.78. The predicted molar refractivity (Wildman–Crippen MR) is 74.7 cm³/mol. The number of hydrogen-bond acceptors (Lipinski definition) is 4. The number of halogens is 1. The number of nitrogens with two attached hydrogens (primary N) is 1. The maximum absolute atomic E-state index is 12.9. The van der Waals surface area contributed by atoms with E-state index >= 15 is 0 Å². The van der Waals surface area contributed by atoms with Gasteiger partial charge in [0.25, 0.3) is 0 Å². The number of aromatic nitrogens is 1. The van der Waals surface area contributed by atoms with Gasteiger partial charge in [0.15, 0.2) is 5.13 Å². The summed E-state index contributed by atoms with van der Waals surface area (Å²) in [5, 5.41) is 2.22. The quantitative estimate of drug-likeness (QED) is 0.935. The zero-order valence-corrected chi connectivity index (χ0v) is 11.3. The van der Waals surface area contributed by atoms with Crippen LogP contribution in [0.15, 0.2) is 29.6 Å². The molecule has 2 rings (SSSR count). The van der Waals surface area contributed by atoms with E-state index in [-0.39, 0.29) is 18.1 Å². The van der Waals surface area contributed by atoms with Crippen LogP contribution in [0.1, 0.15) is 12.6 Å². The molecule has 100 valence electrons. The number of rotatable bonds is 4. The molecule has 0 atom stereocenters. The maximum Gasteiger partial charge on any atom is 0.233 e. The first-order valence-electron chi connectivity index (χ1n) is 5.86. The number of benzene rings is 1. The summed E-state index contributed by atoms with van der Waals surface area (Å²) in [4.78, 5) is 17.9. The van der Waals surface area contributed by atoms with E-state index in [0.717, 1.165) is 0 Å². The van der Waals surface area contributed by atoms with Crippen LogP contribution in [0, 0.1) is 5.82 Å². The van der Waals surface area contributed by atoms with Gasteiger partial charge in [0, 0.05) is 17.6 Å². The molecule has 0 radical (unpaired) electrons. The van der Waals surface area contributed by atoms with Crippen molar-refractivity contribution in [2.45, 2.75) is 13.3 Å². The number of carbonyl (C=O) groups excluding carboxylic acids is 1. The minimum atomic E-state index is -0.320. The van der Waals surface area contributed by atoms with Gasteiger partial charge in [0.2, 0.25) is 5.91 Å². The molecule has 0 aliphatic heterocycles. The first-order valence-corrected chi connectivity index (χ1v) is 6.74. The molecule has 0 unspecified atom stereocenters. The number of anilines is 2. The Balaban J connectivity index is 2.13. The Morgan fingerprint density at radius 2 is 2.11 bits per heavy atom. The predicted octanol–water partition coefficient (Wildman–Crippen LogP) is 2.46. The number of carbonyl (C=O) groups is 1. The summed E-state index contributed by atoms with van der Waals surface area (Å²) in [7, 11) is 0. The lowest BCUT2D eigenvalue weighted by Gasteiger charge is -2.20. The lowest BCUT2D eigenvalue weighted by atomic mass is 10.2. The number of likely N-dealkylation sites (N-methyl/N-ethyl adjacent to an activating group) is 1. The molecule has 1 aromatic heterocycles. The molecular weight excluding hydrogens is 265 g/mol. The fourth-order valence-corrected chi connectivity index (χ4v) is 2.34. The number of amides is 1. The van der Waals surface area contributed by atoms with Gasteiger partial charge < -0.3 is 10.6 Å². The average Bonchev–Trinajstić information content (AvgIpc) is 2.78. The van der Waals surface area contributed by atoms with E-state index in [1.54, 1.807) is 22.4 Å². The SMILES string of the molecule is CCN(C(=O)Cc1csc(N)n1)c1ccc(F)cc1. The van der Waals surface area contributed by atoms with Gasteiger partial charge in [-0.2, -0.15) is 0 Å². The minimum Gasteiger partial charge on any atom is -0.375 e. The summed E-state index contributed by atoms with van der Waals surface area (Å²) >= 11 is 1.31. The molecule has 2 N–H and O–H groups in total. The fraction of sp³-hybridized carbons (Fsp3) is 0.231. The van der Waals surface area contributed by atoms with Gasteiger partial charge in [-0.15, -0.1) is 11.3 Å². The van der Waals surface area contributed by atoms with Crippen molar-refractivity contribution < 1.29 is 9.18 Å². The summed E-state index contributed by atoms with van der Waals surface area (Å²) in [6.45, 7) is 2.39. The third kappa shape index (κ3) is 3.29. The Morgan fingerprint density at radius 3 is 2.63 bits per heavy atom.